The summed E-state index contributed by atoms with van der Waals surface area (Å²) in [4.78, 5) is 22.6. The molecule has 0 aromatic heterocycles. The number of aliphatic carboxylic acids is 1. The molecule has 0 aliphatic rings. The SMILES string of the molecule is CC(C)C(C)CNC(=O)Nc1ccccc1CC(=O)O. The molecule has 5 heteroatoms. The van der Waals surface area contributed by atoms with Crippen LogP contribution in [0.4, 0.5) is 10.5 Å². The van der Waals surface area contributed by atoms with Crippen LogP contribution in [0.2, 0.25) is 0 Å². The summed E-state index contributed by atoms with van der Waals surface area (Å²) in [5.41, 5.74) is 1.12. The fourth-order valence-corrected chi connectivity index (χ4v) is 1.62. The predicted octanol–water partition coefficient (Wildman–Crippen LogP) is 2.73. The normalized spacial score (nSPS) is 12.0. The van der Waals surface area contributed by atoms with Crippen molar-refractivity contribution in [1.82, 2.24) is 5.32 Å². The Bertz CT molecular complexity index is 472. The minimum Gasteiger partial charge on any atom is -0.481 e. The van der Waals surface area contributed by atoms with Crippen LogP contribution in [0.3, 0.4) is 0 Å². The number of carboxylic acids is 1. The Balaban J connectivity index is 2.59. The lowest BCUT2D eigenvalue weighted by Crippen LogP contribution is -2.34. The third-order valence-electron chi connectivity index (χ3n) is 3.33. The molecule has 1 aromatic carbocycles. The molecule has 0 fully saturated rings. The first-order valence-corrected chi connectivity index (χ1v) is 6.74. The number of carbonyl (C=O) groups excluding carboxylic acids is 1. The van der Waals surface area contributed by atoms with E-state index < -0.39 is 5.97 Å². The highest BCUT2D eigenvalue weighted by molar-refractivity contribution is 5.90. The van der Waals surface area contributed by atoms with Gasteiger partial charge in [0.05, 0.1) is 6.42 Å². The molecule has 0 bridgehead atoms. The van der Waals surface area contributed by atoms with Crippen LogP contribution in [-0.4, -0.2) is 23.7 Å². The zero-order valence-corrected chi connectivity index (χ0v) is 12.1. The van der Waals surface area contributed by atoms with Crippen LogP contribution in [0, 0.1) is 11.8 Å². The second-order valence-electron chi connectivity index (χ2n) is 5.28. The highest BCUT2D eigenvalue weighted by Gasteiger charge is 2.11. The van der Waals surface area contributed by atoms with E-state index in [4.69, 9.17) is 5.11 Å². The van der Waals surface area contributed by atoms with Crippen LogP contribution < -0.4 is 10.6 Å². The van der Waals surface area contributed by atoms with Crippen LogP contribution in [0.15, 0.2) is 24.3 Å². The van der Waals surface area contributed by atoms with Gasteiger partial charge in [-0.3, -0.25) is 4.79 Å². The van der Waals surface area contributed by atoms with E-state index in [1.807, 2.05) is 0 Å². The van der Waals surface area contributed by atoms with E-state index in [0.29, 0.717) is 29.6 Å². The fraction of sp³-hybridized carbons (Fsp3) is 0.467. The molecule has 1 aromatic rings. The summed E-state index contributed by atoms with van der Waals surface area (Å²) in [6, 6.07) is 6.60. The molecule has 0 saturated carbocycles. The minimum atomic E-state index is -0.923. The Morgan fingerprint density at radius 1 is 1.20 bits per heavy atom. The molecule has 1 unspecified atom stereocenters. The van der Waals surface area contributed by atoms with E-state index in [1.54, 1.807) is 24.3 Å². The lowest BCUT2D eigenvalue weighted by atomic mass is 9.98. The summed E-state index contributed by atoms with van der Waals surface area (Å²) in [6.07, 6.45) is -0.112. The molecule has 2 amide bonds. The van der Waals surface area contributed by atoms with Crippen molar-refractivity contribution in [3.8, 4) is 0 Å². The van der Waals surface area contributed by atoms with Gasteiger partial charge in [-0.1, -0.05) is 39.0 Å². The van der Waals surface area contributed by atoms with Crippen LogP contribution in [0.25, 0.3) is 0 Å². The summed E-state index contributed by atoms with van der Waals surface area (Å²) in [7, 11) is 0. The summed E-state index contributed by atoms with van der Waals surface area (Å²) >= 11 is 0. The van der Waals surface area contributed by atoms with Crippen LogP contribution in [0.5, 0.6) is 0 Å². The van der Waals surface area contributed by atoms with Gasteiger partial charge in [-0.15, -0.1) is 0 Å². The molecule has 0 aliphatic heterocycles. The number of amides is 2. The Kier molecular flexibility index (Phi) is 6.03. The summed E-state index contributed by atoms with van der Waals surface area (Å²) in [5, 5.41) is 14.3. The Morgan fingerprint density at radius 3 is 2.45 bits per heavy atom. The molecule has 0 aliphatic carbocycles. The maximum atomic E-state index is 11.8. The van der Waals surface area contributed by atoms with E-state index in [9.17, 15) is 9.59 Å². The molecule has 1 rings (SSSR count). The average molecular weight is 278 g/mol. The topological polar surface area (TPSA) is 78.4 Å². The van der Waals surface area contributed by atoms with E-state index in [1.165, 1.54) is 0 Å². The largest absolute Gasteiger partial charge is 0.481 e. The number of carbonyl (C=O) groups is 2. The number of para-hydroxylation sites is 1. The molecule has 0 heterocycles. The maximum absolute atomic E-state index is 11.8. The minimum absolute atomic E-state index is 0.112. The zero-order chi connectivity index (χ0) is 15.1. The smallest absolute Gasteiger partial charge is 0.319 e. The van der Waals surface area contributed by atoms with Gasteiger partial charge in [-0.25, -0.2) is 4.79 Å². The van der Waals surface area contributed by atoms with E-state index in [-0.39, 0.29) is 12.5 Å². The Morgan fingerprint density at radius 2 is 1.85 bits per heavy atom. The first-order valence-electron chi connectivity index (χ1n) is 6.74. The molecule has 3 N–H and O–H groups in total. The molecule has 0 radical (unpaired) electrons. The monoisotopic (exact) mass is 278 g/mol. The molecule has 20 heavy (non-hydrogen) atoms. The van der Waals surface area contributed by atoms with Gasteiger partial charge in [0.2, 0.25) is 0 Å². The number of rotatable bonds is 6. The number of hydrogen-bond acceptors (Lipinski definition) is 2. The molecule has 110 valence electrons. The highest BCUT2D eigenvalue weighted by atomic mass is 16.4. The quantitative estimate of drug-likeness (QED) is 0.748. The summed E-state index contributed by atoms with van der Waals surface area (Å²) < 4.78 is 0. The first kappa shape index (κ1) is 16.0. The van der Waals surface area contributed by atoms with Crippen LogP contribution in [0.1, 0.15) is 26.3 Å². The molecule has 0 spiro atoms. The van der Waals surface area contributed by atoms with Gasteiger partial charge in [0, 0.05) is 12.2 Å². The third-order valence-corrected chi connectivity index (χ3v) is 3.33. The second kappa shape index (κ2) is 7.53. The van der Waals surface area contributed by atoms with Crippen molar-refractivity contribution in [2.75, 3.05) is 11.9 Å². The number of hydrogen-bond donors (Lipinski definition) is 3. The number of nitrogens with one attached hydrogen (secondary N) is 2. The predicted molar refractivity (Wildman–Crippen MR) is 78.8 cm³/mol. The summed E-state index contributed by atoms with van der Waals surface area (Å²) in [6.45, 7) is 6.87. The fourth-order valence-electron chi connectivity index (χ4n) is 1.62. The molecule has 1 atom stereocenters. The van der Waals surface area contributed by atoms with E-state index >= 15 is 0 Å². The number of carboxylic acid groups (broad SMARTS) is 1. The van der Waals surface area contributed by atoms with Gasteiger partial charge >= 0.3 is 12.0 Å². The van der Waals surface area contributed by atoms with Crippen LogP contribution >= 0.6 is 0 Å². The molecular weight excluding hydrogens is 256 g/mol. The van der Waals surface area contributed by atoms with Gasteiger partial charge in [0.25, 0.3) is 0 Å². The van der Waals surface area contributed by atoms with Crippen molar-refractivity contribution in [1.29, 1.82) is 0 Å². The van der Waals surface area contributed by atoms with Crippen molar-refractivity contribution in [2.45, 2.75) is 27.2 Å². The average Bonchev–Trinajstić information content (AvgIpc) is 2.37. The number of benzene rings is 1. The van der Waals surface area contributed by atoms with E-state index in [0.717, 1.165) is 0 Å². The molecular formula is C15H22N2O3. The van der Waals surface area contributed by atoms with Gasteiger partial charge in [-0.05, 0) is 23.5 Å². The third kappa shape index (κ3) is 5.30. The second-order valence-corrected chi connectivity index (χ2v) is 5.28. The summed E-state index contributed by atoms with van der Waals surface area (Å²) in [5.74, 6) is -0.0438. The lowest BCUT2D eigenvalue weighted by Gasteiger charge is -2.17. The highest BCUT2D eigenvalue weighted by Crippen LogP contribution is 2.15. The van der Waals surface area contributed by atoms with Crippen molar-refractivity contribution in [3.05, 3.63) is 29.8 Å². The van der Waals surface area contributed by atoms with Gasteiger partial charge in [-0.2, -0.15) is 0 Å². The lowest BCUT2D eigenvalue weighted by molar-refractivity contribution is -0.136. The van der Waals surface area contributed by atoms with Gasteiger partial charge in [0.1, 0.15) is 0 Å². The van der Waals surface area contributed by atoms with Crippen molar-refractivity contribution in [2.24, 2.45) is 11.8 Å². The van der Waals surface area contributed by atoms with Gasteiger partial charge < -0.3 is 15.7 Å². The van der Waals surface area contributed by atoms with Crippen molar-refractivity contribution in [3.63, 3.8) is 0 Å². The maximum Gasteiger partial charge on any atom is 0.319 e. The standard InChI is InChI=1S/C15H22N2O3/c1-10(2)11(3)9-16-15(20)17-13-7-5-4-6-12(13)8-14(18)19/h4-7,10-11H,8-9H2,1-3H3,(H,18,19)(H2,16,17,20). The zero-order valence-electron chi connectivity index (χ0n) is 12.1. The Labute approximate surface area is 119 Å². The Hall–Kier alpha value is -2.04. The molecule has 5 nitrogen and oxygen atoms in total. The van der Waals surface area contributed by atoms with Crippen LogP contribution in [-0.2, 0) is 11.2 Å². The first-order chi connectivity index (χ1) is 9.40. The molecule has 0 saturated heterocycles. The van der Waals surface area contributed by atoms with Crippen molar-refractivity contribution >= 4 is 17.7 Å². The van der Waals surface area contributed by atoms with Gasteiger partial charge in [0.15, 0.2) is 0 Å². The number of anilines is 1. The van der Waals surface area contributed by atoms with E-state index in [2.05, 4.69) is 31.4 Å². The number of urea groups is 1. The van der Waals surface area contributed by atoms with Crippen molar-refractivity contribution < 1.29 is 14.7 Å².